The number of aromatic nitrogens is 1. The lowest BCUT2D eigenvalue weighted by atomic mass is 10.3. The van der Waals surface area contributed by atoms with E-state index in [1.54, 1.807) is 49.6 Å². The zero-order chi connectivity index (χ0) is 15.3. The fraction of sp³-hybridized carbons (Fsp3) is 0.267. The Labute approximate surface area is 125 Å². The molecule has 5 nitrogen and oxygen atoms in total. The molecular formula is C15H18N2O3S. The van der Waals surface area contributed by atoms with Gasteiger partial charge in [-0.25, -0.2) is 8.42 Å². The third kappa shape index (κ3) is 3.80. The van der Waals surface area contributed by atoms with Crippen LogP contribution in [0.5, 0.6) is 5.75 Å². The highest BCUT2D eigenvalue weighted by Crippen LogP contribution is 2.19. The van der Waals surface area contributed by atoms with Gasteiger partial charge in [-0.1, -0.05) is 6.07 Å². The molecule has 2 aromatic rings. The minimum Gasteiger partial charge on any atom is -0.494 e. The number of pyridine rings is 1. The maximum atomic E-state index is 12.5. The summed E-state index contributed by atoms with van der Waals surface area (Å²) in [6, 6.07) is 11.8. The van der Waals surface area contributed by atoms with Gasteiger partial charge < -0.3 is 4.74 Å². The van der Waals surface area contributed by atoms with E-state index >= 15 is 0 Å². The highest BCUT2D eigenvalue weighted by molar-refractivity contribution is 7.89. The van der Waals surface area contributed by atoms with Crippen molar-refractivity contribution in [2.45, 2.75) is 18.4 Å². The summed E-state index contributed by atoms with van der Waals surface area (Å²) in [6.45, 7) is 2.66. The van der Waals surface area contributed by atoms with Crippen LogP contribution in [0.1, 0.15) is 12.6 Å². The predicted molar refractivity (Wildman–Crippen MR) is 80.5 cm³/mol. The quantitative estimate of drug-likeness (QED) is 0.821. The predicted octanol–water partition coefficient (Wildman–Crippen LogP) is 2.30. The van der Waals surface area contributed by atoms with Gasteiger partial charge in [-0.3, -0.25) is 4.98 Å². The molecule has 0 unspecified atom stereocenters. The number of ether oxygens (including phenoxy) is 1. The molecule has 21 heavy (non-hydrogen) atoms. The van der Waals surface area contributed by atoms with E-state index < -0.39 is 10.0 Å². The Hall–Kier alpha value is -1.92. The first-order valence-electron chi connectivity index (χ1n) is 6.63. The van der Waals surface area contributed by atoms with Gasteiger partial charge in [0.2, 0.25) is 10.0 Å². The topological polar surface area (TPSA) is 59.5 Å². The van der Waals surface area contributed by atoms with Crippen molar-refractivity contribution >= 4 is 10.0 Å². The van der Waals surface area contributed by atoms with E-state index in [1.807, 2.05) is 13.0 Å². The van der Waals surface area contributed by atoms with Gasteiger partial charge in [0.1, 0.15) is 5.75 Å². The van der Waals surface area contributed by atoms with E-state index in [0.717, 1.165) is 0 Å². The number of hydrogen-bond donors (Lipinski definition) is 0. The molecule has 0 aliphatic rings. The van der Waals surface area contributed by atoms with Crippen molar-refractivity contribution < 1.29 is 13.2 Å². The van der Waals surface area contributed by atoms with E-state index in [-0.39, 0.29) is 11.4 Å². The lowest BCUT2D eigenvalue weighted by molar-refractivity contribution is 0.340. The van der Waals surface area contributed by atoms with Crippen molar-refractivity contribution in [1.82, 2.24) is 9.29 Å². The molecule has 0 bridgehead atoms. The number of rotatable bonds is 6. The SMILES string of the molecule is CCOc1ccc(S(=O)(=O)N(C)Cc2ccccn2)cc1. The standard InChI is InChI=1S/C15H18N2O3S/c1-3-20-14-7-9-15(10-8-14)21(18,19)17(2)12-13-6-4-5-11-16-13/h4-11H,3,12H2,1-2H3. The van der Waals surface area contributed by atoms with E-state index in [4.69, 9.17) is 4.74 Å². The third-order valence-electron chi connectivity index (χ3n) is 2.95. The van der Waals surface area contributed by atoms with Crippen LogP contribution < -0.4 is 4.74 Å². The molecule has 0 spiro atoms. The minimum absolute atomic E-state index is 0.233. The van der Waals surface area contributed by atoms with Crippen molar-refractivity contribution in [3.8, 4) is 5.75 Å². The lowest BCUT2D eigenvalue weighted by Crippen LogP contribution is -2.26. The second-order valence-electron chi connectivity index (χ2n) is 4.49. The van der Waals surface area contributed by atoms with Gasteiger partial charge in [0.15, 0.2) is 0 Å². The Morgan fingerprint density at radius 1 is 1.14 bits per heavy atom. The molecule has 0 radical (unpaired) electrons. The summed E-state index contributed by atoms with van der Waals surface area (Å²) in [5.41, 5.74) is 0.703. The van der Waals surface area contributed by atoms with Crippen LogP contribution in [0.25, 0.3) is 0 Å². The van der Waals surface area contributed by atoms with Crippen molar-refractivity contribution in [3.05, 3.63) is 54.4 Å². The number of nitrogens with zero attached hydrogens (tertiary/aromatic N) is 2. The summed E-state index contributed by atoms with van der Waals surface area (Å²) in [6.07, 6.45) is 1.65. The molecule has 112 valence electrons. The number of hydrogen-bond acceptors (Lipinski definition) is 4. The Morgan fingerprint density at radius 3 is 2.43 bits per heavy atom. The molecule has 0 saturated carbocycles. The Bertz CT molecular complexity index is 670. The van der Waals surface area contributed by atoms with E-state index in [9.17, 15) is 8.42 Å². The molecular weight excluding hydrogens is 288 g/mol. The molecule has 0 fully saturated rings. The summed E-state index contributed by atoms with van der Waals surface area (Å²) < 4.78 is 31.5. The zero-order valence-corrected chi connectivity index (χ0v) is 12.9. The first-order valence-corrected chi connectivity index (χ1v) is 8.07. The molecule has 0 saturated heterocycles. The smallest absolute Gasteiger partial charge is 0.243 e. The van der Waals surface area contributed by atoms with E-state index in [1.165, 1.54) is 4.31 Å². The van der Waals surface area contributed by atoms with Crippen LogP contribution >= 0.6 is 0 Å². The van der Waals surface area contributed by atoms with Gasteiger partial charge in [0.25, 0.3) is 0 Å². The Balaban J connectivity index is 2.16. The lowest BCUT2D eigenvalue weighted by Gasteiger charge is -2.17. The monoisotopic (exact) mass is 306 g/mol. The van der Waals surface area contributed by atoms with Crippen molar-refractivity contribution in [2.24, 2.45) is 0 Å². The molecule has 1 aromatic carbocycles. The molecule has 0 aliphatic heterocycles. The van der Waals surface area contributed by atoms with Gasteiger partial charge in [-0.05, 0) is 43.3 Å². The molecule has 1 heterocycles. The van der Waals surface area contributed by atoms with Crippen molar-refractivity contribution in [3.63, 3.8) is 0 Å². The maximum Gasteiger partial charge on any atom is 0.243 e. The van der Waals surface area contributed by atoms with Gasteiger partial charge in [-0.15, -0.1) is 0 Å². The fourth-order valence-corrected chi connectivity index (χ4v) is 3.00. The average molecular weight is 306 g/mol. The maximum absolute atomic E-state index is 12.5. The second kappa shape index (κ2) is 6.69. The van der Waals surface area contributed by atoms with E-state index in [0.29, 0.717) is 18.1 Å². The van der Waals surface area contributed by atoms with Crippen LogP contribution in [0.2, 0.25) is 0 Å². The number of sulfonamides is 1. The highest BCUT2D eigenvalue weighted by atomic mass is 32.2. The van der Waals surface area contributed by atoms with Crippen LogP contribution in [-0.4, -0.2) is 31.4 Å². The zero-order valence-electron chi connectivity index (χ0n) is 12.1. The highest BCUT2D eigenvalue weighted by Gasteiger charge is 2.21. The summed E-state index contributed by atoms with van der Waals surface area (Å²) in [5.74, 6) is 0.656. The molecule has 6 heteroatoms. The molecule has 0 amide bonds. The average Bonchev–Trinajstić information content (AvgIpc) is 2.49. The normalized spacial score (nSPS) is 11.6. The number of benzene rings is 1. The third-order valence-corrected chi connectivity index (χ3v) is 4.77. The Kier molecular flexibility index (Phi) is 4.93. The van der Waals surface area contributed by atoms with Crippen LogP contribution in [0.4, 0.5) is 0 Å². The van der Waals surface area contributed by atoms with Crippen LogP contribution in [0.3, 0.4) is 0 Å². The largest absolute Gasteiger partial charge is 0.494 e. The first kappa shape index (κ1) is 15.5. The molecule has 0 aliphatic carbocycles. The van der Waals surface area contributed by atoms with E-state index in [2.05, 4.69) is 4.98 Å². The van der Waals surface area contributed by atoms with Crippen LogP contribution in [0, 0.1) is 0 Å². The van der Waals surface area contributed by atoms with Gasteiger partial charge in [0.05, 0.1) is 23.7 Å². The Morgan fingerprint density at radius 2 is 1.86 bits per heavy atom. The summed E-state index contributed by atoms with van der Waals surface area (Å²) >= 11 is 0. The summed E-state index contributed by atoms with van der Waals surface area (Å²) in [7, 11) is -1.99. The van der Waals surface area contributed by atoms with Crippen LogP contribution in [0.15, 0.2) is 53.6 Å². The molecule has 0 atom stereocenters. The van der Waals surface area contributed by atoms with Gasteiger partial charge in [-0.2, -0.15) is 4.31 Å². The summed E-state index contributed by atoms with van der Waals surface area (Å²) in [4.78, 5) is 4.38. The van der Waals surface area contributed by atoms with Gasteiger partial charge >= 0.3 is 0 Å². The van der Waals surface area contributed by atoms with Crippen LogP contribution in [-0.2, 0) is 16.6 Å². The first-order chi connectivity index (χ1) is 10.0. The van der Waals surface area contributed by atoms with Gasteiger partial charge in [0, 0.05) is 13.2 Å². The molecule has 2 rings (SSSR count). The second-order valence-corrected chi connectivity index (χ2v) is 6.53. The molecule has 1 aromatic heterocycles. The van der Waals surface area contributed by atoms with Crippen molar-refractivity contribution in [1.29, 1.82) is 0 Å². The van der Waals surface area contributed by atoms with Crippen molar-refractivity contribution in [2.75, 3.05) is 13.7 Å². The minimum atomic E-state index is -3.53. The fourth-order valence-electron chi connectivity index (χ4n) is 1.86. The summed E-state index contributed by atoms with van der Waals surface area (Å²) in [5, 5.41) is 0. The molecule has 0 N–H and O–H groups in total.